The fourth-order valence-corrected chi connectivity index (χ4v) is 4.32. The van der Waals surface area contributed by atoms with Gasteiger partial charge in [0.25, 0.3) is 0 Å². The predicted molar refractivity (Wildman–Crippen MR) is 87.8 cm³/mol. The summed E-state index contributed by atoms with van der Waals surface area (Å²) in [6, 6.07) is 0.457. The van der Waals surface area contributed by atoms with Gasteiger partial charge in [-0.15, -0.1) is 0 Å². The van der Waals surface area contributed by atoms with Crippen LogP contribution in [0.25, 0.3) is 0 Å². The molecule has 0 aromatic carbocycles. The van der Waals surface area contributed by atoms with E-state index in [0.717, 1.165) is 25.8 Å². The smallest absolute Gasteiger partial charge is 0.315 e. The summed E-state index contributed by atoms with van der Waals surface area (Å²) in [7, 11) is 0. The molecule has 0 spiro atoms. The van der Waals surface area contributed by atoms with Gasteiger partial charge in [0.1, 0.15) is 0 Å². The van der Waals surface area contributed by atoms with E-state index in [4.69, 9.17) is 0 Å². The highest BCUT2D eigenvalue weighted by Crippen LogP contribution is 2.45. The quantitative estimate of drug-likeness (QED) is 0.816. The van der Waals surface area contributed by atoms with Gasteiger partial charge in [0.15, 0.2) is 0 Å². The van der Waals surface area contributed by atoms with Crippen molar-refractivity contribution in [3.63, 3.8) is 0 Å². The third-order valence-corrected chi connectivity index (χ3v) is 6.35. The van der Waals surface area contributed by atoms with Crippen molar-refractivity contribution in [3.05, 3.63) is 0 Å². The number of hydrogen-bond donors (Lipinski definition) is 2. The molecule has 3 amide bonds. The van der Waals surface area contributed by atoms with E-state index >= 15 is 0 Å². The summed E-state index contributed by atoms with van der Waals surface area (Å²) in [4.78, 5) is 26.9. The third kappa shape index (κ3) is 3.33. The molecule has 2 N–H and O–H groups in total. The lowest BCUT2D eigenvalue weighted by Gasteiger charge is -2.43. The maximum atomic E-state index is 13.0. The van der Waals surface area contributed by atoms with E-state index in [0.29, 0.717) is 30.3 Å². The number of amides is 3. The molecule has 4 fully saturated rings. The summed E-state index contributed by atoms with van der Waals surface area (Å²) in [5.74, 6) is 1.93. The third-order valence-electron chi connectivity index (χ3n) is 6.35. The molecule has 128 valence electrons. The van der Waals surface area contributed by atoms with E-state index < -0.39 is 0 Å². The van der Waals surface area contributed by atoms with Crippen molar-refractivity contribution in [3.8, 4) is 0 Å². The molecule has 5 nitrogen and oxygen atoms in total. The Hall–Kier alpha value is -1.26. The summed E-state index contributed by atoms with van der Waals surface area (Å²) < 4.78 is 0. The molecule has 3 saturated carbocycles. The maximum Gasteiger partial charge on any atom is 0.315 e. The van der Waals surface area contributed by atoms with E-state index in [-0.39, 0.29) is 18.0 Å². The van der Waals surface area contributed by atoms with Gasteiger partial charge in [0.05, 0.1) is 0 Å². The number of likely N-dealkylation sites (tertiary alicyclic amines) is 1. The summed E-state index contributed by atoms with van der Waals surface area (Å²) in [6.07, 6.45) is 10.7. The van der Waals surface area contributed by atoms with Crippen LogP contribution in [0.15, 0.2) is 0 Å². The second-order valence-corrected chi connectivity index (χ2v) is 8.07. The summed E-state index contributed by atoms with van der Waals surface area (Å²) in [5, 5.41) is 6.01. The van der Waals surface area contributed by atoms with E-state index in [1.54, 1.807) is 0 Å². The van der Waals surface area contributed by atoms with E-state index in [1.165, 1.54) is 38.5 Å². The summed E-state index contributed by atoms with van der Waals surface area (Å²) in [5.41, 5.74) is 0. The van der Waals surface area contributed by atoms with Crippen molar-refractivity contribution in [2.45, 2.75) is 69.9 Å². The van der Waals surface area contributed by atoms with Crippen LogP contribution in [0, 0.1) is 17.8 Å². The van der Waals surface area contributed by atoms with Crippen LogP contribution in [-0.4, -0.2) is 42.0 Å². The normalized spacial score (nSPS) is 28.4. The van der Waals surface area contributed by atoms with Gasteiger partial charge in [0.2, 0.25) is 5.91 Å². The number of nitrogens with zero attached hydrogens (tertiary/aromatic N) is 1. The van der Waals surface area contributed by atoms with E-state index in [9.17, 15) is 9.59 Å². The fraction of sp³-hybridized carbons (Fsp3) is 0.889. The molecule has 23 heavy (non-hydrogen) atoms. The Balaban J connectivity index is 1.30. The van der Waals surface area contributed by atoms with Gasteiger partial charge >= 0.3 is 6.03 Å². The molecule has 0 bridgehead atoms. The SMILES string of the molecule is O=C(NC1CC1)NC1CCN(C(=O)C(C2CCC2)C2CCC2)C1. The molecule has 0 aromatic heterocycles. The Morgan fingerprint density at radius 1 is 0.826 bits per heavy atom. The van der Waals surface area contributed by atoms with Crippen LogP contribution >= 0.6 is 0 Å². The molecule has 0 radical (unpaired) electrons. The van der Waals surface area contributed by atoms with Crippen molar-refractivity contribution >= 4 is 11.9 Å². The van der Waals surface area contributed by atoms with Crippen molar-refractivity contribution in [2.24, 2.45) is 17.8 Å². The highest BCUT2D eigenvalue weighted by atomic mass is 16.2. The number of nitrogens with one attached hydrogen (secondary N) is 2. The molecule has 1 saturated heterocycles. The molecular weight excluding hydrogens is 290 g/mol. The Labute approximate surface area is 138 Å². The topological polar surface area (TPSA) is 61.4 Å². The molecule has 1 heterocycles. The van der Waals surface area contributed by atoms with Crippen LogP contribution < -0.4 is 10.6 Å². The minimum Gasteiger partial charge on any atom is -0.340 e. The molecule has 5 heteroatoms. The van der Waals surface area contributed by atoms with Gasteiger partial charge in [-0.25, -0.2) is 4.79 Å². The first-order chi connectivity index (χ1) is 11.2. The van der Waals surface area contributed by atoms with Gasteiger partial charge in [-0.3, -0.25) is 4.79 Å². The van der Waals surface area contributed by atoms with Gasteiger partial charge in [-0.05, 0) is 56.8 Å². The maximum absolute atomic E-state index is 13.0. The molecule has 4 aliphatic rings. The Kier molecular flexibility index (Phi) is 4.20. The van der Waals surface area contributed by atoms with Gasteiger partial charge < -0.3 is 15.5 Å². The standard InChI is InChI=1S/C18H29N3O2/c22-17(16(12-3-1-4-12)13-5-2-6-13)21-10-9-15(11-21)20-18(23)19-14-7-8-14/h12-16H,1-11H2,(H2,19,20,23). The summed E-state index contributed by atoms with van der Waals surface area (Å²) >= 11 is 0. The first-order valence-corrected chi connectivity index (χ1v) is 9.56. The Morgan fingerprint density at radius 3 is 1.96 bits per heavy atom. The second kappa shape index (κ2) is 6.33. The van der Waals surface area contributed by atoms with Crippen LogP contribution in [0.5, 0.6) is 0 Å². The molecule has 1 atom stereocenters. The fourth-order valence-electron chi connectivity index (χ4n) is 4.32. The molecule has 1 aliphatic heterocycles. The van der Waals surface area contributed by atoms with Crippen LogP contribution in [-0.2, 0) is 4.79 Å². The molecular formula is C18H29N3O2. The lowest BCUT2D eigenvalue weighted by Crippen LogP contribution is -2.47. The van der Waals surface area contributed by atoms with Gasteiger partial charge in [0, 0.05) is 31.1 Å². The zero-order valence-electron chi connectivity index (χ0n) is 13.9. The number of carbonyl (C=O) groups is 2. The van der Waals surface area contributed by atoms with Crippen LogP contribution in [0.3, 0.4) is 0 Å². The van der Waals surface area contributed by atoms with Crippen molar-refractivity contribution in [1.29, 1.82) is 0 Å². The number of rotatable bonds is 5. The zero-order chi connectivity index (χ0) is 15.8. The first-order valence-electron chi connectivity index (χ1n) is 9.56. The number of hydrogen-bond acceptors (Lipinski definition) is 2. The molecule has 0 aromatic rings. The average Bonchev–Trinajstić information content (AvgIpc) is 3.09. The van der Waals surface area contributed by atoms with Crippen molar-refractivity contribution in [2.75, 3.05) is 13.1 Å². The largest absolute Gasteiger partial charge is 0.340 e. The monoisotopic (exact) mass is 319 g/mol. The van der Waals surface area contributed by atoms with Crippen molar-refractivity contribution in [1.82, 2.24) is 15.5 Å². The minimum absolute atomic E-state index is 0.0543. The van der Waals surface area contributed by atoms with Crippen LogP contribution in [0.4, 0.5) is 4.79 Å². The van der Waals surface area contributed by atoms with E-state index in [2.05, 4.69) is 10.6 Å². The highest BCUT2D eigenvalue weighted by molar-refractivity contribution is 5.80. The highest BCUT2D eigenvalue weighted by Gasteiger charge is 2.43. The van der Waals surface area contributed by atoms with Crippen molar-refractivity contribution < 1.29 is 9.59 Å². The van der Waals surface area contributed by atoms with Gasteiger partial charge in [-0.2, -0.15) is 0 Å². The zero-order valence-corrected chi connectivity index (χ0v) is 13.9. The molecule has 3 aliphatic carbocycles. The lowest BCUT2D eigenvalue weighted by atomic mass is 9.64. The molecule has 4 rings (SSSR count). The Morgan fingerprint density at radius 2 is 1.43 bits per heavy atom. The average molecular weight is 319 g/mol. The minimum atomic E-state index is -0.0543. The van der Waals surface area contributed by atoms with Crippen LogP contribution in [0.1, 0.15) is 57.8 Å². The number of urea groups is 1. The van der Waals surface area contributed by atoms with E-state index in [1.807, 2.05) is 4.90 Å². The summed E-state index contributed by atoms with van der Waals surface area (Å²) in [6.45, 7) is 1.51. The van der Waals surface area contributed by atoms with Crippen LogP contribution in [0.2, 0.25) is 0 Å². The lowest BCUT2D eigenvalue weighted by molar-refractivity contribution is -0.141. The number of carbonyl (C=O) groups excluding carboxylic acids is 2. The van der Waals surface area contributed by atoms with Gasteiger partial charge in [-0.1, -0.05) is 12.8 Å². The first kappa shape index (κ1) is 15.3. The predicted octanol–water partition coefficient (Wildman–Crippen LogP) is 2.27. The Bertz CT molecular complexity index is 455. The second-order valence-electron chi connectivity index (χ2n) is 8.07. The molecule has 1 unspecified atom stereocenters.